The molecule has 14 heavy (non-hydrogen) atoms. The zero-order valence-corrected chi connectivity index (χ0v) is 8.23. The minimum atomic E-state index is -4.66. The summed E-state index contributed by atoms with van der Waals surface area (Å²) in [5.74, 6) is -0.424. The first kappa shape index (κ1) is 11.0. The Balaban J connectivity index is 3.08. The van der Waals surface area contributed by atoms with Crippen molar-refractivity contribution in [2.75, 3.05) is 0 Å². The lowest BCUT2D eigenvalue weighted by molar-refractivity contribution is 0.139. The molecule has 0 aliphatic rings. The van der Waals surface area contributed by atoms with Crippen molar-refractivity contribution in [3.8, 4) is 0 Å². The molecular weight excluding hydrogens is 208 g/mol. The first-order valence-electron chi connectivity index (χ1n) is 3.89. The molecule has 0 bridgehead atoms. The van der Waals surface area contributed by atoms with E-state index < -0.39 is 21.4 Å². The van der Waals surface area contributed by atoms with Gasteiger partial charge in [0.2, 0.25) is 0 Å². The van der Waals surface area contributed by atoms with Crippen LogP contribution in [0.5, 0.6) is 0 Å². The molecule has 1 N–H and O–H groups in total. The second-order valence-electron chi connectivity index (χ2n) is 2.61. The molecule has 0 aromatic carbocycles. The smallest absolute Gasteiger partial charge is 0.283 e. The zero-order chi connectivity index (χ0) is 10.8. The molecule has 1 rings (SSSR count). The number of aromatic nitrogens is 2. The summed E-state index contributed by atoms with van der Waals surface area (Å²) in [5.41, 5.74) is -1.77. The van der Waals surface area contributed by atoms with Gasteiger partial charge in [-0.15, -0.1) is 0 Å². The average Bonchev–Trinajstić information content (AvgIpc) is 2.15. The normalized spacial score (nSPS) is 13.9. The molecule has 0 saturated heterocycles. The molecule has 1 unspecified atom stereocenters. The van der Waals surface area contributed by atoms with Gasteiger partial charge in [0.05, 0.1) is 0 Å². The Morgan fingerprint density at radius 3 is 2.71 bits per heavy atom. The Morgan fingerprint density at radius 1 is 1.57 bits per heavy atom. The van der Waals surface area contributed by atoms with Gasteiger partial charge in [-0.2, -0.15) is 8.42 Å². The molecule has 1 aromatic heterocycles. The van der Waals surface area contributed by atoms with Crippen molar-refractivity contribution in [2.45, 2.75) is 18.8 Å². The van der Waals surface area contributed by atoms with Crippen LogP contribution >= 0.6 is 0 Å². The third kappa shape index (κ3) is 2.47. The van der Waals surface area contributed by atoms with Crippen LogP contribution in [0.4, 0.5) is 0 Å². The molecule has 7 heteroatoms. The van der Waals surface area contributed by atoms with Gasteiger partial charge in [0.1, 0.15) is 0 Å². The third-order valence-electron chi connectivity index (χ3n) is 1.58. The Morgan fingerprint density at radius 2 is 2.21 bits per heavy atom. The maximum absolute atomic E-state index is 11.1. The van der Waals surface area contributed by atoms with Crippen LogP contribution in [0.1, 0.15) is 23.9 Å². The largest absolute Gasteiger partial charge is 0.303 e. The quantitative estimate of drug-likeness (QED) is 0.736. The van der Waals surface area contributed by atoms with Gasteiger partial charge in [-0.1, -0.05) is 6.92 Å². The van der Waals surface area contributed by atoms with E-state index in [1.165, 1.54) is 6.20 Å². The molecule has 1 heterocycles. The van der Waals surface area contributed by atoms with E-state index >= 15 is 0 Å². The van der Waals surface area contributed by atoms with Gasteiger partial charge < -0.3 is 0 Å². The van der Waals surface area contributed by atoms with Crippen molar-refractivity contribution in [2.24, 2.45) is 0 Å². The summed E-state index contributed by atoms with van der Waals surface area (Å²) in [6.07, 6.45) is 1.85. The van der Waals surface area contributed by atoms with Crippen LogP contribution in [0.3, 0.4) is 0 Å². The van der Waals surface area contributed by atoms with Crippen LogP contribution in [0.2, 0.25) is 0 Å². The summed E-state index contributed by atoms with van der Waals surface area (Å²) in [4.78, 5) is 7.19. The van der Waals surface area contributed by atoms with Crippen molar-refractivity contribution >= 4 is 10.1 Å². The minimum Gasteiger partial charge on any atom is -0.283 e. The van der Waals surface area contributed by atoms with Crippen LogP contribution in [-0.4, -0.2) is 22.9 Å². The van der Waals surface area contributed by atoms with E-state index in [9.17, 15) is 13.5 Å². The lowest BCUT2D eigenvalue weighted by atomic mass is 10.3. The van der Waals surface area contributed by atoms with Crippen LogP contribution < -0.4 is 0 Å². The Labute approximate surface area is 81.4 Å². The maximum atomic E-state index is 11.1. The maximum Gasteiger partial charge on any atom is 0.303 e. The van der Waals surface area contributed by atoms with Crippen molar-refractivity contribution in [1.82, 2.24) is 9.97 Å². The van der Waals surface area contributed by atoms with Gasteiger partial charge in [-0.3, -0.25) is 4.55 Å². The topological polar surface area (TPSA) is 100 Å². The van der Waals surface area contributed by atoms with Gasteiger partial charge in [0.15, 0.2) is 5.82 Å². The summed E-state index contributed by atoms with van der Waals surface area (Å²) in [6, 6.07) is 1.57. The first-order valence-corrected chi connectivity index (χ1v) is 5.39. The minimum absolute atomic E-state index is 0.424. The van der Waals surface area contributed by atoms with Gasteiger partial charge in [-0.25, -0.2) is 15.1 Å². The highest BCUT2D eigenvalue weighted by atomic mass is 32.2. The SMILES string of the molecule is CCc1ccnc(C([O])S(=O)(=O)O)n1. The van der Waals surface area contributed by atoms with E-state index in [1.54, 1.807) is 13.0 Å². The summed E-state index contributed by atoms with van der Waals surface area (Å²) in [6.45, 7) is 1.80. The fourth-order valence-corrected chi connectivity index (χ4v) is 1.24. The van der Waals surface area contributed by atoms with Gasteiger partial charge >= 0.3 is 10.1 Å². The van der Waals surface area contributed by atoms with Crippen molar-refractivity contribution in [1.29, 1.82) is 0 Å². The summed E-state index contributed by atoms with van der Waals surface area (Å²) in [5, 5.41) is 11.1. The first-order chi connectivity index (χ1) is 6.45. The molecule has 1 atom stereocenters. The summed E-state index contributed by atoms with van der Waals surface area (Å²) >= 11 is 0. The summed E-state index contributed by atoms with van der Waals surface area (Å²) < 4.78 is 29.5. The molecule has 0 aliphatic heterocycles. The molecule has 0 spiro atoms. The highest BCUT2D eigenvalue weighted by molar-refractivity contribution is 7.85. The van der Waals surface area contributed by atoms with E-state index in [-0.39, 0.29) is 0 Å². The van der Waals surface area contributed by atoms with E-state index in [0.717, 1.165) is 0 Å². The third-order valence-corrected chi connectivity index (χ3v) is 2.33. The molecule has 0 fully saturated rings. The summed E-state index contributed by atoms with van der Waals surface area (Å²) in [7, 11) is -4.66. The van der Waals surface area contributed by atoms with E-state index in [2.05, 4.69) is 9.97 Å². The fourth-order valence-electron chi connectivity index (χ4n) is 0.857. The predicted molar refractivity (Wildman–Crippen MR) is 46.4 cm³/mol. The molecule has 1 radical (unpaired) electrons. The molecule has 6 nitrogen and oxygen atoms in total. The zero-order valence-electron chi connectivity index (χ0n) is 7.41. The molecule has 0 saturated carbocycles. The van der Waals surface area contributed by atoms with Crippen molar-refractivity contribution in [3.63, 3.8) is 0 Å². The second-order valence-corrected chi connectivity index (χ2v) is 4.06. The number of hydrogen-bond donors (Lipinski definition) is 1. The second kappa shape index (κ2) is 3.99. The van der Waals surface area contributed by atoms with Crippen LogP contribution in [0.25, 0.3) is 0 Å². The van der Waals surface area contributed by atoms with E-state index in [0.29, 0.717) is 12.1 Å². The van der Waals surface area contributed by atoms with Crippen molar-refractivity contribution in [3.05, 3.63) is 23.8 Å². The lowest BCUT2D eigenvalue weighted by Crippen LogP contribution is -2.13. The lowest BCUT2D eigenvalue weighted by Gasteiger charge is -2.04. The van der Waals surface area contributed by atoms with E-state index in [4.69, 9.17) is 4.55 Å². The average molecular weight is 217 g/mol. The van der Waals surface area contributed by atoms with E-state index in [1.807, 2.05) is 0 Å². The molecule has 0 aliphatic carbocycles. The van der Waals surface area contributed by atoms with Gasteiger partial charge in [-0.05, 0) is 12.5 Å². The number of hydrogen-bond acceptors (Lipinski definition) is 4. The fraction of sp³-hybridized carbons (Fsp3) is 0.429. The molecule has 77 valence electrons. The number of rotatable bonds is 3. The highest BCUT2D eigenvalue weighted by Gasteiger charge is 2.26. The number of nitrogens with zero attached hydrogens (tertiary/aromatic N) is 2. The number of aryl methyl sites for hydroxylation is 1. The molecule has 0 amide bonds. The van der Waals surface area contributed by atoms with Crippen LogP contribution in [0, 0.1) is 0 Å². The predicted octanol–water partition coefficient (Wildman–Crippen LogP) is 0.356. The van der Waals surface area contributed by atoms with Crippen LogP contribution in [0.15, 0.2) is 12.3 Å². The van der Waals surface area contributed by atoms with Gasteiger partial charge in [0.25, 0.3) is 5.44 Å². The Hall–Kier alpha value is -1.05. The van der Waals surface area contributed by atoms with Gasteiger partial charge in [0, 0.05) is 11.9 Å². The standard InChI is InChI=1S/C7H9N2O4S/c1-2-5-3-4-8-6(9-5)7(10)14(11,12)13/h3-4,7H,2H2,1H3,(H,11,12,13). The van der Waals surface area contributed by atoms with Crippen LogP contribution in [-0.2, 0) is 21.6 Å². The van der Waals surface area contributed by atoms with Crippen molar-refractivity contribution < 1.29 is 18.1 Å². The molecule has 1 aromatic rings. The Kier molecular flexibility index (Phi) is 3.14. The highest BCUT2D eigenvalue weighted by Crippen LogP contribution is 2.14. The Bertz CT molecular complexity index is 417. The molecular formula is C7H9N2O4S. The monoisotopic (exact) mass is 217 g/mol.